The van der Waals surface area contributed by atoms with Crippen LogP contribution in [0.5, 0.6) is 17.2 Å². The van der Waals surface area contributed by atoms with Crippen molar-refractivity contribution < 1.29 is 19.5 Å². The monoisotopic (exact) mass is 309 g/mol. The molecule has 0 spiro atoms. The molecule has 0 saturated heterocycles. The van der Waals surface area contributed by atoms with E-state index in [1.54, 1.807) is 12.1 Å². The summed E-state index contributed by atoms with van der Waals surface area (Å²) in [4.78, 5) is 10.5. The van der Waals surface area contributed by atoms with Crippen LogP contribution >= 0.6 is 11.6 Å². The zero-order valence-corrected chi connectivity index (χ0v) is 11.8. The van der Waals surface area contributed by atoms with E-state index < -0.39 is 4.92 Å². The number of hydrogen-bond donors (Lipinski definition) is 1. The average molecular weight is 310 g/mol. The molecule has 2 aromatic rings. The van der Waals surface area contributed by atoms with Crippen molar-refractivity contribution >= 4 is 17.3 Å². The highest BCUT2D eigenvalue weighted by atomic mass is 35.5. The molecule has 0 aliphatic heterocycles. The molecule has 0 unspecified atom stereocenters. The molecule has 0 bridgehead atoms. The van der Waals surface area contributed by atoms with E-state index in [1.807, 2.05) is 0 Å². The lowest BCUT2D eigenvalue weighted by atomic mass is 10.2. The number of ether oxygens (including phenoxy) is 2. The summed E-state index contributed by atoms with van der Waals surface area (Å²) in [6, 6.07) is 8.84. The Balaban J connectivity index is 2.37. The number of benzene rings is 2. The summed E-state index contributed by atoms with van der Waals surface area (Å²) < 4.78 is 10.5. The van der Waals surface area contributed by atoms with Crippen molar-refractivity contribution in [1.82, 2.24) is 0 Å². The van der Waals surface area contributed by atoms with Crippen molar-refractivity contribution in [2.45, 2.75) is 6.61 Å². The van der Waals surface area contributed by atoms with E-state index in [-0.39, 0.29) is 18.0 Å². The van der Waals surface area contributed by atoms with Gasteiger partial charge in [-0.1, -0.05) is 17.7 Å². The Morgan fingerprint density at radius 3 is 2.52 bits per heavy atom. The summed E-state index contributed by atoms with van der Waals surface area (Å²) >= 11 is 5.96. The van der Waals surface area contributed by atoms with Crippen LogP contribution in [0.2, 0.25) is 5.02 Å². The Morgan fingerprint density at radius 1 is 1.24 bits per heavy atom. The van der Waals surface area contributed by atoms with Crippen LogP contribution in [0.15, 0.2) is 36.4 Å². The van der Waals surface area contributed by atoms with E-state index in [2.05, 4.69) is 0 Å². The Bertz CT molecular complexity index is 674. The lowest BCUT2D eigenvalue weighted by molar-refractivity contribution is -0.385. The van der Waals surface area contributed by atoms with Crippen LogP contribution in [-0.4, -0.2) is 17.1 Å². The molecular formula is C14H12ClNO5. The van der Waals surface area contributed by atoms with E-state index in [1.165, 1.54) is 31.4 Å². The van der Waals surface area contributed by atoms with Gasteiger partial charge in [-0.25, -0.2) is 0 Å². The first-order valence-corrected chi connectivity index (χ1v) is 6.32. The first kappa shape index (κ1) is 15.1. The number of aliphatic hydroxyl groups excluding tert-OH is 1. The number of nitrogens with zero attached hydrogens (tertiary/aromatic N) is 1. The van der Waals surface area contributed by atoms with Gasteiger partial charge >= 0.3 is 5.69 Å². The van der Waals surface area contributed by atoms with Gasteiger partial charge in [-0.15, -0.1) is 0 Å². The van der Waals surface area contributed by atoms with Gasteiger partial charge in [-0.05, 0) is 23.8 Å². The number of methoxy groups -OCH3 is 1. The average Bonchev–Trinajstić information content (AvgIpc) is 2.47. The third kappa shape index (κ3) is 3.42. The van der Waals surface area contributed by atoms with Gasteiger partial charge in [0.05, 0.1) is 18.6 Å². The highest BCUT2D eigenvalue weighted by Crippen LogP contribution is 2.35. The molecular weight excluding hydrogens is 298 g/mol. The molecule has 0 atom stereocenters. The standard InChI is InChI=1S/C14H12ClNO5/c1-20-10-4-5-13(16(18)19)14(7-10)21-11-3-2-9(8-17)12(15)6-11/h2-7,17H,8H2,1H3. The molecule has 2 rings (SSSR count). The molecule has 0 saturated carbocycles. The molecule has 1 N–H and O–H groups in total. The molecule has 0 heterocycles. The van der Waals surface area contributed by atoms with Crippen molar-refractivity contribution in [2.75, 3.05) is 7.11 Å². The lowest BCUT2D eigenvalue weighted by Gasteiger charge is -2.09. The van der Waals surface area contributed by atoms with Gasteiger partial charge in [0.1, 0.15) is 11.5 Å². The van der Waals surface area contributed by atoms with Crippen molar-refractivity contribution in [3.63, 3.8) is 0 Å². The summed E-state index contributed by atoms with van der Waals surface area (Å²) in [5.74, 6) is 0.814. The minimum atomic E-state index is -0.543. The topological polar surface area (TPSA) is 81.8 Å². The predicted molar refractivity (Wildman–Crippen MR) is 77.1 cm³/mol. The molecule has 0 radical (unpaired) electrons. The first-order valence-electron chi connectivity index (χ1n) is 5.94. The van der Waals surface area contributed by atoms with Gasteiger partial charge in [-0.3, -0.25) is 10.1 Å². The predicted octanol–water partition coefficient (Wildman–Crippen LogP) is 3.54. The van der Waals surface area contributed by atoms with E-state index >= 15 is 0 Å². The van der Waals surface area contributed by atoms with Crippen LogP contribution in [0.3, 0.4) is 0 Å². The maximum Gasteiger partial charge on any atom is 0.311 e. The Hall–Kier alpha value is -2.31. The highest BCUT2D eigenvalue weighted by molar-refractivity contribution is 6.31. The second-order valence-corrected chi connectivity index (χ2v) is 4.51. The zero-order chi connectivity index (χ0) is 15.4. The van der Waals surface area contributed by atoms with E-state index in [0.717, 1.165) is 0 Å². The summed E-state index contributed by atoms with van der Waals surface area (Å²) in [5.41, 5.74) is 0.363. The molecule has 0 aromatic heterocycles. The van der Waals surface area contributed by atoms with Crippen LogP contribution in [0.25, 0.3) is 0 Å². The smallest absolute Gasteiger partial charge is 0.311 e. The SMILES string of the molecule is COc1ccc([N+](=O)[O-])c(Oc2ccc(CO)c(Cl)c2)c1. The maximum absolute atomic E-state index is 11.0. The first-order chi connectivity index (χ1) is 10.0. The molecule has 0 fully saturated rings. The zero-order valence-electron chi connectivity index (χ0n) is 11.1. The van der Waals surface area contributed by atoms with Crippen LogP contribution in [0.4, 0.5) is 5.69 Å². The Morgan fingerprint density at radius 2 is 1.95 bits per heavy atom. The van der Waals surface area contributed by atoms with Gasteiger partial charge < -0.3 is 14.6 Å². The minimum absolute atomic E-state index is 0.0483. The second-order valence-electron chi connectivity index (χ2n) is 4.10. The van der Waals surface area contributed by atoms with E-state index in [9.17, 15) is 10.1 Å². The fourth-order valence-corrected chi connectivity index (χ4v) is 1.93. The quantitative estimate of drug-likeness (QED) is 0.674. The third-order valence-corrected chi connectivity index (χ3v) is 3.14. The molecule has 0 aliphatic rings. The number of nitro benzene ring substituents is 1. The largest absolute Gasteiger partial charge is 0.497 e. The normalized spacial score (nSPS) is 10.2. The van der Waals surface area contributed by atoms with E-state index in [0.29, 0.717) is 22.1 Å². The summed E-state index contributed by atoms with van der Waals surface area (Å²) in [5, 5.41) is 20.4. The molecule has 6 nitrogen and oxygen atoms in total. The number of nitro groups is 1. The van der Waals surface area contributed by atoms with Crippen LogP contribution < -0.4 is 9.47 Å². The summed E-state index contributed by atoms with van der Waals surface area (Å²) in [6.07, 6.45) is 0. The maximum atomic E-state index is 11.0. The van der Waals surface area contributed by atoms with Crippen molar-refractivity contribution in [3.8, 4) is 17.2 Å². The molecule has 110 valence electrons. The van der Waals surface area contributed by atoms with Crippen LogP contribution in [-0.2, 0) is 6.61 Å². The fraction of sp³-hybridized carbons (Fsp3) is 0.143. The summed E-state index contributed by atoms with van der Waals surface area (Å²) in [6.45, 7) is -0.196. The Kier molecular flexibility index (Phi) is 4.62. The van der Waals surface area contributed by atoms with Crippen molar-refractivity contribution in [2.24, 2.45) is 0 Å². The molecule has 21 heavy (non-hydrogen) atoms. The van der Waals surface area contributed by atoms with E-state index in [4.69, 9.17) is 26.2 Å². The van der Waals surface area contributed by atoms with Crippen LogP contribution in [0.1, 0.15) is 5.56 Å². The second kappa shape index (κ2) is 6.43. The highest BCUT2D eigenvalue weighted by Gasteiger charge is 2.17. The minimum Gasteiger partial charge on any atom is -0.497 e. The van der Waals surface area contributed by atoms with Crippen LogP contribution in [0, 0.1) is 10.1 Å². The van der Waals surface area contributed by atoms with Crippen molar-refractivity contribution in [3.05, 3.63) is 57.1 Å². The van der Waals surface area contributed by atoms with Gasteiger partial charge in [0, 0.05) is 17.2 Å². The molecule has 7 heteroatoms. The molecule has 2 aromatic carbocycles. The number of rotatable bonds is 5. The third-order valence-electron chi connectivity index (χ3n) is 2.79. The number of halogens is 1. The van der Waals surface area contributed by atoms with Crippen molar-refractivity contribution in [1.29, 1.82) is 0 Å². The molecule has 0 amide bonds. The summed E-state index contributed by atoms with van der Waals surface area (Å²) in [7, 11) is 1.46. The van der Waals surface area contributed by atoms with Gasteiger partial charge in [-0.2, -0.15) is 0 Å². The van der Waals surface area contributed by atoms with Gasteiger partial charge in [0.2, 0.25) is 5.75 Å². The van der Waals surface area contributed by atoms with Gasteiger partial charge in [0.15, 0.2) is 0 Å². The number of aliphatic hydroxyl groups is 1. The number of hydrogen-bond acceptors (Lipinski definition) is 5. The fourth-order valence-electron chi connectivity index (χ4n) is 1.70. The van der Waals surface area contributed by atoms with Gasteiger partial charge in [0.25, 0.3) is 0 Å². The Labute approximate surface area is 125 Å². The molecule has 0 aliphatic carbocycles. The lowest BCUT2D eigenvalue weighted by Crippen LogP contribution is -1.95.